The highest BCUT2D eigenvalue weighted by atomic mass is 35.5. The number of aromatic nitrogens is 5. The van der Waals surface area contributed by atoms with Crippen molar-refractivity contribution in [3.63, 3.8) is 0 Å². The second-order valence-electron chi connectivity index (χ2n) is 6.42. The van der Waals surface area contributed by atoms with Gasteiger partial charge in [-0.3, -0.25) is 18.3 Å². The Morgan fingerprint density at radius 2 is 1.81 bits per heavy atom. The monoisotopic (exact) mass is 405 g/mol. The number of imidazole rings is 2. The molecule has 7 nitrogen and oxygen atoms in total. The summed E-state index contributed by atoms with van der Waals surface area (Å²) in [6, 6.07) is 7.06. The first-order valence-corrected chi connectivity index (χ1v) is 9.31. The van der Waals surface area contributed by atoms with E-state index >= 15 is 0 Å². The molecule has 4 rings (SSSR count). The number of fused-ring (bicyclic) bond motifs is 3. The molecule has 0 saturated carbocycles. The van der Waals surface area contributed by atoms with E-state index < -0.39 is 5.69 Å². The van der Waals surface area contributed by atoms with Crippen LogP contribution in [0.4, 0.5) is 0 Å². The van der Waals surface area contributed by atoms with Crippen LogP contribution in [-0.4, -0.2) is 29.0 Å². The fraction of sp³-hybridized carbons (Fsp3) is 0.278. The molecule has 0 aliphatic heterocycles. The van der Waals surface area contributed by atoms with Crippen LogP contribution in [0.25, 0.3) is 16.9 Å². The van der Waals surface area contributed by atoms with Gasteiger partial charge in [0.25, 0.3) is 5.56 Å². The molecule has 0 radical (unpaired) electrons. The second kappa shape index (κ2) is 6.58. The van der Waals surface area contributed by atoms with Gasteiger partial charge < -0.3 is 4.57 Å². The zero-order valence-corrected chi connectivity index (χ0v) is 16.3. The Bertz CT molecular complexity index is 1280. The minimum Gasteiger partial charge on any atom is -0.313 e. The summed E-state index contributed by atoms with van der Waals surface area (Å²) in [4.78, 5) is 30.5. The molecule has 0 aliphatic rings. The van der Waals surface area contributed by atoms with Crippen molar-refractivity contribution in [2.45, 2.75) is 20.0 Å². The van der Waals surface area contributed by atoms with Crippen LogP contribution in [0, 0.1) is 6.92 Å². The van der Waals surface area contributed by atoms with Gasteiger partial charge in [-0.1, -0.05) is 23.7 Å². The quantitative estimate of drug-likeness (QED) is 0.489. The molecule has 3 heterocycles. The standard InChI is InChI=1S/C18H17Cl2N5O2/c1-11-9-24-14-15(21-17(24)23(11)8-7-19)22(2)18(27)25(16(14)26)10-12-3-5-13(20)6-4-12/h3-6,9H,7-8,10H2,1-2H3. The highest BCUT2D eigenvalue weighted by Gasteiger charge is 2.20. The molecular formula is C18H17Cl2N5O2. The van der Waals surface area contributed by atoms with E-state index in [0.717, 1.165) is 11.3 Å². The minimum atomic E-state index is -0.413. The number of hydrogen-bond donors (Lipinski definition) is 0. The number of rotatable bonds is 4. The molecule has 0 amide bonds. The Morgan fingerprint density at radius 3 is 2.48 bits per heavy atom. The predicted octanol–water partition coefficient (Wildman–Crippen LogP) is 2.40. The van der Waals surface area contributed by atoms with Gasteiger partial charge in [-0.15, -0.1) is 11.6 Å². The lowest BCUT2D eigenvalue weighted by Gasteiger charge is -2.08. The SMILES string of the molecule is Cc1cn2c3c(=O)n(Cc4ccc(Cl)cc4)c(=O)n(C)c3nc2n1CCCl. The molecule has 0 unspecified atom stereocenters. The summed E-state index contributed by atoms with van der Waals surface area (Å²) >= 11 is 11.8. The van der Waals surface area contributed by atoms with Crippen molar-refractivity contribution < 1.29 is 0 Å². The number of alkyl halides is 1. The predicted molar refractivity (Wildman–Crippen MR) is 106 cm³/mol. The molecule has 0 spiro atoms. The fourth-order valence-electron chi connectivity index (χ4n) is 3.33. The molecule has 0 fully saturated rings. The van der Waals surface area contributed by atoms with E-state index in [4.69, 9.17) is 23.2 Å². The maximum atomic E-state index is 13.2. The van der Waals surface area contributed by atoms with Crippen LogP contribution < -0.4 is 11.2 Å². The Hall–Kier alpha value is -2.51. The van der Waals surface area contributed by atoms with Crippen molar-refractivity contribution in [1.29, 1.82) is 0 Å². The molecule has 0 atom stereocenters. The highest BCUT2D eigenvalue weighted by Crippen LogP contribution is 2.16. The van der Waals surface area contributed by atoms with Crippen LogP contribution >= 0.6 is 23.2 Å². The molecule has 9 heteroatoms. The van der Waals surface area contributed by atoms with Gasteiger partial charge in [0.2, 0.25) is 5.78 Å². The van der Waals surface area contributed by atoms with Gasteiger partial charge in [-0.2, -0.15) is 4.98 Å². The van der Waals surface area contributed by atoms with E-state index in [1.165, 1.54) is 9.13 Å². The molecule has 3 aromatic heterocycles. The smallest absolute Gasteiger partial charge is 0.313 e. The van der Waals surface area contributed by atoms with Gasteiger partial charge in [0.1, 0.15) is 0 Å². The van der Waals surface area contributed by atoms with Crippen LogP contribution in [0.2, 0.25) is 5.02 Å². The number of nitrogens with zero attached hydrogens (tertiary/aromatic N) is 5. The van der Waals surface area contributed by atoms with Gasteiger partial charge in [0.05, 0.1) is 6.54 Å². The first-order chi connectivity index (χ1) is 12.9. The van der Waals surface area contributed by atoms with Crippen LogP contribution in [0.15, 0.2) is 40.1 Å². The van der Waals surface area contributed by atoms with Crippen molar-refractivity contribution in [3.8, 4) is 0 Å². The van der Waals surface area contributed by atoms with E-state index in [-0.39, 0.29) is 12.1 Å². The van der Waals surface area contributed by atoms with Crippen molar-refractivity contribution in [2.24, 2.45) is 7.05 Å². The molecule has 140 valence electrons. The lowest BCUT2D eigenvalue weighted by atomic mass is 10.2. The maximum absolute atomic E-state index is 13.2. The zero-order valence-electron chi connectivity index (χ0n) is 14.8. The van der Waals surface area contributed by atoms with Crippen molar-refractivity contribution in [2.75, 3.05) is 5.88 Å². The van der Waals surface area contributed by atoms with Gasteiger partial charge in [0.15, 0.2) is 11.2 Å². The minimum absolute atomic E-state index is 0.160. The van der Waals surface area contributed by atoms with Crippen LogP contribution in [0.1, 0.15) is 11.3 Å². The Labute approximate surface area is 164 Å². The normalized spacial score (nSPS) is 11.7. The summed E-state index contributed by atoms with van der Waals surface area (Å²) in [6.07, 6.45) is 1.84. The first kappa shape index (κ1) is 17.9. The fourth-order valence-corrected chi connectivity index (χ4v) is 3.62. The van der Waals surface area contributed by atoms with Crippen molar-refractivity contribution in [1.82, 2.24) is 23.1 Å². The topological polar surface area (TPSA) is 66.2 Å². The summed E-state index contributed by atoms with van der Waals surface area (Å²) in [5.41, 5.74) is 1.70. The van der Waals surface area contributed by atoms with E-state index in [2.05, 4.69) is 4.98 Å². The van der Waals surface area contributed by atoms with Crippen molar-refractivity contribution >= 4 is 40.1 Å². The van der Waals surface area contributed by atoms with Gasteiger partial charge in [0, 0.05) is 36.4 Å². The maximum Gasteiger partial charge on any atom is 0.332 e. The Kier molecular flexibility index (Phi) is 4.36. The third-order valence-electron chi connectivity index (χ3n) is 4.70. The average molecular weight is 406 g/mol. The van der Waals surface area contributed by atoms with Gasteiger partial charge in [-0.05, 0) is 24.6 Å². The molecule has 0 N–H and O–H groups in total. The van der Waals surface area contributed by atoms with Gasteiger partial charge >= 0.3 is 5.69 Å². The van der Waals surface area contributed by atoms with Crippen LogP contribution in [-0.2, 0) is 20.1 Å². The largest absolute Gasteiger partial charge is 0.332 e. The zero-order chi connectivity index (χ0) is 19.3. The summed E-state index contributed by atoms with van der Waals surface area (Å²) in [7, 11) is 1.62. The van der Waals surface area contributed by atoms with Crippen LogP contribution in [0.5, 0.6) is 0 Å². The third-order valence-corrected chi connectivity index (χ3v) is 5.12. The lowest BCUT2D eigenvalue weighted by molar-refractivity contribution is 0.656. The molecule has 27 heavy (non-hydrogen) atoms. The molecule has 4 aromatic rings. The van der Waals surface area contributed by atoms with E-state index in [1.807, 2.05) is 17.7 Å². The summed E-state index contributed by atoms with van der Waals surface area (Å²) in [5, 5.41) is 0.600. The lowest BCUT2D eigenvalue weighted by Crippen LogP contribution is -2.39. The van der Waals surface area contributed by atoms with Crippen molar-refractivity contribution in [3.05, 3.63) is 67.6 Å². The molecule has 0 aliphatic carbocycles. The highest BCUT2D eigenvalue weighted by molar-refractivity contribution is 6.30. The average Bonchev–Trinajstić information content (AvgIpc) is 3.15. The molecule has 0 bridgehead atoms. The first-order valence-electron chi connectivity index (χ1n) is 8.40. The summed E-state index contributed by atoms with van der Waals surface area (Å²) in [6.45, 7) is 2.66. The third kappa shape index (κ3) is 2.78. The Morgan fingerprint density at radius 1 is 1.11 bits per heavy atom. The second-order valence-corrected chi connectivity index (χ2v) is 7.24. The van der Waals surface area contributed by atoms with E-state index in [1.54, 1.807) is 35.7 Å². The molecule has 1 aromatic carbocycles. The molecular weight excluding hydrogens is 389 g/mol. The summed E-state index contributed by atoms with van der Waals surface area (Å²) < 4.78 is 6.28. The van der Waals surface area contributed by atoms with E-state index in [0.29, 0.717) is 34.4 Å². The number of halogens is 2. The Balaban J connectivity index is 1.99. The number of hydrogen-bond acceptors (Lipinski definition) is 3. The van der Waals surface area contributed by atoms with Gasteiger partial charge in [-0.25, -0.2) is 4.79 Å². The summed E-state index contributed by atoms with van der Waals surface area (Å²) in [5.74, 6) is 1.02. The number of aryl methyl sites for hydroxylation is 3. The van der Waals surface area contributed by atoms with Crippen LogP contribution in [0.3, 0.4) is 0 Å². The molecule has 0 saturated heterocycles. The number of benzene rings is 1. The van der Waals surface area contributed by atoms with E-state index in [9.17, 15) is 9.59 Å².